The van der Waals surface area contributed by atoms with Crippen molar-refractivity contribution in [3.63, 3.8) is 0 Å². The van der Waals surface area contributed by atoms with Gasteiger partial charge in [-0.2, -0.15) is 23.7 Å². The molecule has 18 nitrogen and oxygen atoms in total. The molecule has 0 unspecified atom stereocenters. The Balaban J connectivity index is 0.000000219. The van der Waals surface area contributed by atoms with E-state index in [1.54, 1.807) is 117 Å². The van der Waals surface area contributed by atoms with Gasteiger partial charge in [-0.25, -0.2) is 47.1 Å². The average Bonchev–Trinajstić information content (AvgIpc) is 1.72. The molecule has 0 fully saturated rings. The van der Waals surface area contributed by atoms with Crippen molar-refractivity contribution in [3.8, 4) is 57.9 Å². The summed E-state index contributed by atoms with van der Waals surface area (Å²) in [7, 11) is 5.78. The molecule has 0 spiro atoms. The number of alkyl halides is 5. The van der Waals surface area contributed by atoms with Crippen LogP contribution in [-0.2, 0) is 58.1 Å². The van der Waals surface area contributed by atoms with Gasteiger partial charge in [0.05, 0.1) is 95.3 Å². The van der Waals surface area contributed by atoms with Crippen LogP contribution >= 0.6 is 0 Å². The number of esters is 2. The first-order valence-corrected chi connectivity index (χ1v) is 28.4. The molecule has 0 bridgehead atoms. The van der Waals surface area contributed by atoms with E-state index in [4.69, 9.17) is 53.4 Å². The van der Waals surface area contributed by atoms with Crippen molar-refractivity contribution < 1.29 is 78.2 Å². The number of nitriles is 2. The third kappa shape index (κ3) is 17.1. The summed E-state index contributed by atoms with van der Waals surface area (Å²) in [5, 5.41) is 18.3. The molecule has 0 aliphatic carbocycles. The molecule has 0 saturated carbocycles. The SMILES string of the molecule is COCCn1c(Cc2ccc(-c3cccc(OCc4ccc(C#N)cc4OCC(F)(F)F)n3)cc2F)nc2ccc(C(=O)OC)cc21.COCCn1c(Cc2ccc(-c3cccc(OCc4ccc(C#N)cc4OCC(F)F)n3)cc2F)nc2ccc(C(=O)OC)cc21. The van der Waals surface area contributed by atoms with Gasteiger partial charge in [0.1, 0.15) is 54.6 Å². The van der Waals surface area contributed by atoms with Crippen LogP contribution in [0.3, 0.4) is 0 Å². The van der Waals surface area contributed by atoms with Gasteiger partial charge < -0.3 is 47.0 Å². The number of nitrogens with zero attached hydrogens (tertiary/aromatic N) is 8. The zero-order valence-electron chi connectivity index (χ0n) is 50.3. The van der Waals surface area contributed by atoms with Crippen molar-refractivity contribution in [3.05, 3.63) is 213 Å². The minimum absolute atomic E-state index is 0.0563. The summed E-state index contributed by atoms with van der Waals surface area (Å²) in [5.74, 6) is -0.333. The second-order valence-electron chi connectivity index (χ2n) is 20.5. The first-order valence-electron chi connectivity index (χ1n) is 28.4. The minimum Gasteiger partial charge on any atom is -0.487 e. The highest BCUT2D eigenvalue weighted by Crippen LogP contribution is 2.31. The highest BCUT2D eigenvalue weighted by Gasteiger charge is 2.29. The van der Waals surface area contributed by atoms with Gasteiger partial charge in [0.2, 0.25) is 11.8 Å². The molecule has 4 aromatic heterocycles. The Morgan fingerprint density at radius 2 is 0.968 bits per heavy atom. The minimum atomic E-state index is -4.56. The van der Waals surface area contributed by atoms with Gasteiger partial charge in [0.25, 0.3) is 6.43 Å². The smallest absolute Gasteiger partial charge is 0.422 e. The summed E-state index contributed by atoms with van der Waals surface area (Å²) in [6, 6.07) is 41.9. The summed E-state index contributed by atoms with van der Waals surface area (Å²) in [5.41, 5.74) is 7.24. The molecule has 10 rings (SSSR count). The lowest BCUT2D eigenvalue weighted by Crippen LogP contribution is -2.20. The summed E-state index contributed by atoms with van der Waals surface area (Å²) < 4.78 is 140. The van der Waals surface area contributed by atoms with Crippen molar-refractivity contribution in [2.24, 2.45) is 0 Å². The molecule has 0 aliphatic rings. The third-order valence-corrected chi connectivity index (χ3v) is 14.3. The zero-order valence-corrected chi connectivity index (χ0v) is 50.3. The van der Waals surface area contributed by atoms with E-state index < -0.39 is 49.4 Å². The van der Waals surface area contributed by atoms with E-state index in [-0.39, 0.29) is 66.0 Å². The number of benzene rings is 6. The first-order chi connectivity index (χ1) is 44.9. The largest absolute Gasteiger partial charge is 0.487 e. The van der Waals surface area contributed by atoms with E-state index in [2.05, 4.69) is 15.0 Å². The van der Waals surface area contributed by atoms with Crippen LogP contribution in [0.5, 0.6) is 23.3 Å². The fourth-order valence-electron chi connectivity index (χ4n) is 9.69. The molecule has 0 amide bonds. The Kier molecular flexibility index (Phi) is 22.0. The summed E-state index contributed by atoms with van der Waals surface area (Å²) in [6.45, 7) is -0.938. The predicted octanol–water partition coefficient (Wildman–Crippen LogP) is 13.0. The van der Waals surface area contributed by atoms with Crippen LogP contribution in [0.15, 0.2) is 146 Å². The second kappa shape index (κ2) is 30.7. The molecule has 0 aliphatic heterocycles. The number of methoxy groups -OCH3 is 4. The second-order valence-corrected chi connectivity index (χ2v) is 20.5. The highest BCUT2D eigenvalue weighted by atomic mass is 19.4. The van der Waals surface area contributed by atoms with Crippen LogP contribution < -0.4 is 18.9 Å². The van der Waals surface area contributed by atoms with Crippen molar-refractivity contribution in [1.82, 2.24) is 29.1 Å². The lowest BCUT2D eigenvalue weighted by atomic mass is 10.1. The van der Waals surface area contributed by atoms with Gasteiger partial charge in [0, 0.05) is 74.5 Å². The van der Waals surface area contributed by atoms with Crippen molar-refractivity contribution in [2.45, 2.75) is 51.7 Å². The fourth-order valence-corrected chi connectivity index (χ4v) is 9.69. The number of hydrogen-bond donors (Lipinski definition) is 0. The topological polar surface area (TPSA) is 217 Å². The lowest BCUT2D eigenvalue weighted by molar-refractivity contribution is -0.153. The van der Waals surface area contributed by atoms with Gasteiger partial charge >= 0.3 is 18.1 Å². The number of rotatable bonds is 25. The summed E-state index contributed by atoms with van der Waals surface area (Å²) in [4.78, 5) is 42.5. The summed E-state index contributed by atoms with van der Waals surface area (Å²) in [6.07, 6.45) is -6.88. The van der Waals surface area contributed by atoms with Gasteiger partial charge in [-0.15, -0.1) is 0 Å². The lowest BCUT2D eigenvalue weighted by Gasteiger charge is -2.14. The van der Waals surface area contributed by atoms with E-state index in [9.17, 15) is 31.5 Å². The molecule has 0 N–H and O–H groups in total. The molecule has 93 heavy (non-hydrogen) atoms. The molecule has 25 heteroatoms. The Morgan fingerprint density at radius 3 is 1.37 bits per heavy atom. The van der Waals surface area contributed by atoms with E-state index >= 15 is 8.78 Å². The van der Waals surface area contributed by atoms with Gasteiger partial charge in [-0.3, -0.25) is 0 Å². The first kappa shape index (κ1) is 66.5. The Morgan fingerprint density at radius 1 is 0.527 bits per heavy atom. The van der Waals surface area contributed by atoms with Crippen LogP contribution in [0.25, 0.3) is 44.6 Å². The summed E-state index contributed by atoms with van der Waals surface area (Å²) >= 11 is 0. The maximum absolute atomic E-state index is 15.5. The third-order valence-electron chi connectivity index (χ3n) is 14.3. The maximum Gasteiger partial charge on any atom is 0.422 e. The van der Waals surface area contributed by atoms with Crippen molar-refractivity contribution in [1.29, 1.82) is 10.5 Å². The quantitative estimate of drug-likeness (QED) is 0.0384. The van der Waals surface area contributed by atoms with E-state index in [0.29, 0.717) is 110 Å². The molecule has 0 atom stereocenters. The van der Waals surface area contributed by atoms with Crippen LogP contribution in [0.4, 0.5) is 30.7 Å². The highest BCUT2D eigenvalue weighted by molar-refractivity contribution is 5.94. The van der Waals surface area contributed by atoms with Crippen LogP contribution in [0.1, 0.15) is 65.7 Å². The zero-order chi connectivity index (χ0) is 66.2. The number of fused-ring (bicyclic) bond motifs is 2. The molecular weight excluding hydrogens is 1220 g/mol. The Labute approximate surface area is 527 Å². The van der Waals surface area contributed by atoms with E-state index in [0.717, 1.165) is 0 Å². The van der Waals surface area contributed by atoms with Crippen molar-refractivity contribution in [2.75, 3.05) is 54.9 Å². The van der Waals surface area contributed by atoms with Crippen molar-refractivity contribution >= 4 is 34.0 Å². The molecule has 10 aromatic rings. The number of halogens is 7. The number of carbonyl (C=O) groups excluding carboxylic acids is 2. The Hall–Kier alpha value is -10.9. The van der Waals surface area contributed by atoms with Gasteiger partial charge in [0.15, 0.2) is 6.61 Å². The average molecular weight is 1280 g/mol. The normalized spacial score (nSPS) is 11.2. The van der Waals surface area contributed by atoms with Gasteiger partial charge in [-0.1, -0.05) is 48.5 Å². The van der Waals surface area contributed by atoms with Crippen LogP contribution in [-0.4, -0.2) is 108 Å². The molecule has 0 radical (unpaired) electrons. The predicted molar refractivity (Wildman–Crippen MR) is 325 cm³/mol. The number of ether oxygens (including phenoxy) is 8. The van der Waals surface area contributed by atoms with E-state index in [1.165, 1.54) is 56.7 Å². The standard InChI is InChI=1S/C34H28F4N4O5.C34H29F3N4O5/c1-44-13-12-42-29-16-24(33(43)45-2)10-11-28(29)40-31(42)17-22-8-9-23(15-26(22)35)27-4-3-5-32(41-27)46-19-25-7-6-21(18-39)14-30(25)47-20-34(36,37)38;1-43-13-12-41-29-16-24(34(42)44-2)10-11-28(29)39-32(41)17-22-8-9-23(15-26(22)35)27-4-3-5-33(40-27)46-19-25-7-6-21(18-38)14-30(25)45-20-31(36)37/h3-11,14-16H,12-13,17,19-20H2,1-2H3;3-11,14-16,31H,12-13,17,19-20H2,1-2H3. The van der Waals surface area contributed by atoms with E-state index in [1.807, 2.05) is 21.3 Å². The van der Waals surface area contributed by atoms with Crippen LogP contribution in [0.2, 0.25) is 0 Å². The maximum atomic E-state index is 15.5. The number of hydrogen-bond acceptors (Lipinski definition) is 16. The molecular formula is C68H57F7N8O10. The number of pyridine rings is 2. The monoisotopic (exact) mass is 1280 g/mol. The number of aromatic nitrogens is 6. The number of imidazole rings is 2. The molecule has 0 saturated heterocycles. The van der Waals surface area contributed by atoms with Gasteiger partial charge in [-0.05, 0) is 96.1 Å². The molecule has 4 heterocycles. The fraction of sp³-hybridized carbons (Fsp3) is 0.235. The Bertz CT molecular complexity index is 4410. The van der Waals surface area contributed by atoms with Crippen LogP contribution in [0, 0.1) is 34.3 Å². The molecule has 478 valence electrons. The molecule has 6 aromatic carbocycles. The number of carbonyl (C=O) groups is 2.